The maximum atomic E-state index is 5.68. The number of nitrogens with zero attached hydrogens (tertiary/aromatic N) is 1. The molecule has 62 valence electrons. The van der Waals surface area contributed by atoms with Crippen LogP contribution in [0.2, 0.25) is 5.15 Å². The molecule has 5 N–H and O–H groups in total. The summed E-state index contributed by atoms with van der Waals surface area (Å²) in [4.78, 5) is 3.97. The van der Waals surface area contributed by atoms with Crippen LogP contribution in [0, 0.1) is 13.8 Å². The molecule has 0 amide bonds. The number of nitrogen functional groups attached to an aromatic ring is 1. The lowest BCUT2D eigenvalue weighted by atomic mass is 10.2. The van der Waals surface area contributed by atoms with Gasteiger partial charge >= 0.3 is 0 Å². The number of nitrogens with two attached hydrogens (primary N) is 1. The number of halogens is 1. The van der Waals surface area contributed by atoms with Crippen LogP contribution in [-0.4, -0.2) is 4.98 Å². The molecule has 0 fully saturated rings. The lowest BCUT2D eigenvalue weighted by Crippen LogP contribution is -1.94. The van der Waals surface area contributed by atoms with E-state index in [2.05, 4.69) is 4.98 Å². The summed E-state index contributed by atoms with van der Waals surface area (Å²) < 4.78 is 0. The summed E-state index contributed by atoms with van der Waals surface area (Å²) in [6.45, 7) is 3.80. The first-order chi connectivity index (χ1) is 4.61. The molecule has 0 aliphatic heterocycles. The summed E-state index contributed by atoms with van der Waals surface area (Å²) in [6, 6.07) is 1.90. The number of anilines is 1. The highest BCUT2D eigenvalue weighted by Crippen LogP contribution is 2.19. The summed E-state index contributed by atoms with van der Waals surface area (Å²) >= 11 is 5.68. The second-order valence-electron chi connectivity index (χ2n) is 2.29. The molecule has 1 aromatic rings. The predicted octanol–water partition coefficient (Wildman–Crippen LogP) is 2.10. The van der Waals surface area contributed by atoms with Gasteiger partial charge in [0.05, 0.1) is 5.69 Å². The Labute approximate surface area is 71.2 Å². The Kier molecular flexibility index (Phi) is 3.29. The third-order valence-corrected chi connectivity index (χ3v) is 1.64. The highest BCUT2D eigenvalue weighted by Gasteiger charge is 2.00. The lowest BCUT2D eigenvalue weighted by molar-refractivity contribution is 1.18. The third-order valence-electron chi connectivity index (χ3n) is 1.35. The fraction of sp³-hybridized carbons (Fsp3) is 0.286. The van der Waals surface area contributed by atoms with E-state index in [1.807, 2.05) is 19.9 Å². The predicted molar refractivity (Wildman–Crippen MR) is 48.2 cm³/mol. The first-order valence-electron chi connectivity index (χ1n) is 3.00. The van der Waals surface area contributed by atoms with Crippen molar-refractivity contribution in [2.75, 3.05) is 5.73 Å². The van der Waals surface area contributed by atoms with Gasteiger partial charge in [0.1, 0.15) is 0 Å². The normalized spacial score (nSPS) is 9.00. The summed E-state index contributed by atoms with van der Waals surface area (Å²) in [5, 5.41) is 0.400. The zero-order chi connectivity index (χ0) is 7.72. The maximum Gasteiger partial charge on any atom is 0.152 e. The second-order valence-corrected chi connectivity index (χ2v) is 2.64. The van der Waals surface area contributed by atoms with Gasteiger partial charge in [-0.05, 0) is 25.5 Å². The van der Waals surface area contributed by atoms with Crippen molar-refractivity contribution in [1.29, 1.82) is 0 Å². The molecule has 1 aromatic heterocycles. The highest BCUT2D eigenvalue weighted by atomic mass is 35.5. The Hall–Kier alpha value is -0.800. The molecule has 0 bridgehead atoms. The molecule has 1 heterocycles. The molecule has 0 spiro atoms. The van der Waals surface area contributed by atoms with Crippen molar-refractivity contribution >= 4 is 17.3 Å². The summed E-state index contributed by atoms with van der Waals surface area (Å²) in [5.74, 6) is 0. The van der Waals surface area contributed by atoms with E-state index in [-0.39, 0.29) is 6.15 Å². The smallest absolute Gasteiger partial charge is 0.152 e. The number of hydrogen-bond donors (Lipinski definition) is 2. The van der Waals surface area contributed by atoms with Gasteiger partial charge < -0.3 is 11.9 Å². The van der Waals surface area contributed by atoms with Gasteiger partial charge in [0.15, 0.2) is 5.15 Å². The average molecular weight is 174 g/mol. The van der Waals surface area contributed by atoms with Gasteiger partial charge in [-0.15, -0.1) is 0 Å². The Morgan fingerprint density at radius 3 is 2.45 bits per heavy atom. The molecule has 0 saturated heterocycles. The first kappa shape index (κ1) is 10.2. The minimum absolute atomic E-state index is 0. The zero-order valence-corrected chi connectivity index (χ0v) is 7.44. The summed E-state index contributed by atoms with van der Waals surface area (Å²) in [6.07, 6.45) is 0. The molecular weight excluding hydrogens is 162 g/mol. The van der Waals surface area contributed by atoms with Crippen LogP contribution in [-0.2, 0) is 0 Å². The summed E-state index contributed by atoms with van der Waals surface area (Å²) in [7, 11) is 0. The Morgan fingerprint density at radius 1 is 1.45 bits per heavy atom. The van der Waals surface area contributed by atoms with Crippen LogP contribution in [0.4, 0.5) is 5.69 Å². The number of aryl methyl sites for hydroxylation is 2. The molecule has 0 atom stereocenters. The van der Waals surface area contributed by atoms with Crippen LogP contribution in [0.25, 0.3) is 0 Å². The van der Waals surface area contributed by atoms with E-state index in [0.29, 0.717) is 10.8 Å². The molecule has 0 saturated carbocycles. The van der Waals surface area contributed by atoms with Gasteiger partial charge in [-0.1, -0.05) is 11.6 Å². The maximum absolute atomic E-state index is 5.68. The molecule has 4 heteroatoms. The van der Waals surface area contributed by atoms with Crippen molar-refractivity contribution in [3.63, 3.8) is 0 Å². The SMILES string of the molecule is Cc1cc(C)c(N)c(Cl)n1.N. The molecule has 0 aliphatic carbocycles. The van der Waals surface area contributed by atoms with E-state index >= 15 is 0 Å². The largest absolute Gasteiger partial charge is 0.396 e. The van der Waals surface area contributed by atoms with Crippen LogP contribution < -0.4 is 11.9 Å². The van der Waals surface area contributed by atoms with Crippen molar-refractivity contribution < 1.29 is 0 Å². The molecule has 0 aromatic carbocycles. The first-order valence-corrected chi connectivity index (χ1v) is 3.38. The summed E-state index contributed by atoms with van der Waals surface area (Å²) in [5.41, 5.74) is 8.02. The standard InChI is InChI=1S/C7H9ClN2.H3N/c1-4-3-5(2)10-7(8)6(4)9;/h3H,9H2,1-2H3;1H3. The molecule has 3 nitrogen and oxygen atoms in total. The minimum atomic E-state index is 0. The van der Waals surface area contributed by atoms with Crippen molar-refractivity contribution in [1.82, 2.24) is 11.1 Å². The van der Waals surface area contributed by atoms with Crippen molar-refractivity contribution in [2.45, 2.75) is 13.8 Å². The van der Waals surface area contributed by atoms with Crippen molar-refractivity contribution in [2.24, 2.45) is 0 Å². The zero-order valence-electron chi connectivity index (χ0n) is 6.69. The molecule has 0 unspecified atom stereocenters. The van der Waals surface area contributed by atoms with Crippen molar-refractivity contribution in [3.05, 3.63) is 22.5 Å². The fourth-order valence-corrected chi connectivity index (χ4v) is 1.08. The Balaban J connectivity index is 0.000001000. The minimum Gasteiger partial charge on any atom is -0.396 e. The molecule has 11 heavy (non-hydrogen) atoms. The van der Waals surface area contributed by atoms with Crippen LogP contribution in [0.15, 0.2) is 6.07 Å². The van der Waals surface area contributed by atoms with Gasteiger partial charge in [-0.3, -0.25) is 0 Å². The van der Waals surface area contributed by atoms with Gasteiger partial charge in [0, 0.05) is 5.69 Å². The molecule has 0 aliphatic rings. The lowest BCUT2D eigenvalue weighted by Gasteiger charge is -2.01. The van der Waals surface area contributed by atoms with Gasteiger partial charge in [-0.2, -0.15) is 0 Å². The monoisotopic (exact) mass is 173 g/mol. The Morgan fingerprint density at radius 2 is 2.00 bits per heavy atom. The van der Waals surface area contributed by atoms with Crippen LogP contribution in [0.5, 0.6) is 0 Å². The van der Waals surface area contributed by atoms with E-state index in [1.165, 1.54) is 0 Å². The van der Waals surface area contributed by atoms with Gasteiger partial charge in [-0.25, -0.2) is 4.98 Å². The van der Waals surface area contributed by atoms with Crippen LogP contribution in [0.3, 0.4) is 0 Å². The average Bonchev–Trinajstić information content (AvgIpc) is 1.82. The number of pyridine rings is 1. The molecule has 1 rings (SSSR count). The quantitative estimate of drug-likeness (QED) is 0.590. The number of aromatic nitrogens is 1. The van der Waals surface area contributed by atoms with E-state index in [4.69, 9.17) is 17.3 Å². The molecule has 0 radical (unpaired) electrons. The van der Waals surface area contributed by atoms with E-state index in [1.54, 1.807) is 0 Å². The third kappa shape index (κ3) is 2.06. The van der Waals surface area contributed by atoms with E-state index in [0.717, 1.165) is 11.3 Å². The van der Waals surface area contributed by atoms with E-state index < -0.39 is 0 Å². The van der Waals surface area contributed by atoms with E-state index in [9.17, 15) is 0 Å². The Bertz CT molecular complexity index is 237. The topological polar surface area (TPSA) is 73.9 Å². The second kappa shape index (κ2) is 3.55. The highest BCUT2D eigenvalue weighted by molar-refractivity contribution is 6.32. The van der Waals surface area contributed by atoms with Crippen LogP contribution >= 0.6 is 11.6 Å². The fourth-order valence-electron chi connectivity index (χ4n) is 0.801. The van der Waals surface area contributed by atoms with Gasteiger partial charge in [0.25, 0.3) is 0 Å². The van der Waals surface area contributed by atoms with Crippen LogP contribution in [0.1, 0.15) is 11.3 Å². The molecular formula is C7H12ClN3. The van der Waals surface area contributed by atoms with Gasteiger partial charge in [0.2, 0.25) is 0 Å². The number of hydrogen-bond acceptors (Lipinski definition) is 3. The number of rotatable bonds is 0. The van der Waals surface area contributed by atoms with Crippen molar-refractivity contribution in [3.8, 4) is 0 Å².